The van der Waals surface area contributed by atoms with E-state index in [-0.39, 0.29) is 38.6 Å². The molecule has 2 unspecified atom stereocenters. The molecule has 0 fully saturated rings. The molecular weight excluding hydrogens is 1130 g/mol. The molecule has 90 heavy (non-hydrogen) atoms. The van der Waals surface area contributed by atoms with Crippen LogP contribution in [0, 0.1) is 0 Å². The van der Waals surface area contributed by atoms with Crippen molar-refractivity contribution in [1.29, 1.82) is 0 Å². The van der Waals surface area contributed by atoms with Crippen LogP contribution in [-0.2, 0) is 32.7 Å². The van der Waals surface area contributed by atoms with Gasteiger partial charge in [-0.15, -0.1) is 0 Å². The maximum absolute atomic E-state index is 12.8. The van der Waals surface area contributed by atoms with Gasteiger partial charge in [-0.05, 0) is 57.8 Å². The van der Waals surface area contributed by atoms with Crippen molar-refractivity contribution in [1.82, 2.24) is 0 Å². The van der Waals surface area contributed by atoms with Crippen LogP contribution in [0.4, 0.5) is 0 Å². The predicted molar refractivity (Wildman–Crippen MR) is 390 cm³/mol. The number of carbonyl (C=O) groups is 2. The molecule has 3 N–H and O–H groups in total. The number of hydrogen-bond donors (Lipinski definition) is 2. The molecule has 0 aliphatic heterocycles. The van der Waals surface area contributed by atoms with Crippen LogP contribution in [0.1, 0.15) is 406 Å². The molecule has 0 amide bonds. The highest BCUT2D eigenvalue weighted by Gasteiger charge is 2.26. The van der Waals surface area contributed by atoms with E-state index >= 15 is 0 Å². The maximum atomic E-state index is 12.8. The third-order valence-corrected chi connectivity index (χ3v) is 18.7. The largest absolute Gasteiger partial charge is 0.472 e. The van der Waals surface area contributed by atoms with Crippen molar-refractivity contribution in [2.24, 2.45) is 5.73 Å². The van der Waals surface area contributed by atoms with E-state index in [1.165, 1.54) is 302 Å². The number of unbranched alkanes of at least 4 members (excludes halogenated alkanes) is 52. The Kier molecular flexibility index (Phi) is 73.8. The molecule has 0 radical (unpaired) electrons. The van der Waals surface area contributed by atoms with E-state index in [4.69, 9.17) is 24.3 Å². The van der Waals surface area contributed by atoms with E-state index in [9.17, 15) is 19.0 Å². The van der Waals surface area contributed by atoms with Crippen LogP contribution in [-0.4, -0.2) is 49.3 Å². The zero-order chi connectivity index (χ0) is 65.1. The third-order valence-electron chi connectivity index (χ3n) is 17.7. The lowest BCUT2D eigenvalue weighted by Crippen LogP contribution is -2.29. The molecule has 528 valence electrons. The minimum atomic E-state index is -4.40. The zero-order valence-corrected chi connectivity index (χ0v) is 60.5. The Labute approximate surface area is 559 Å². The second-order valence-electron chi connectivity index (χ2n) is 26.6. The van der Waals surface area contributed by atoms with Crippen molar-refractivity contribution in [2.75, 3.05) is 26.4 Å². The zero-order valence-electron chi connectivity index (χ0n) is 59.6. The summed E-state index contributed by atoms with van der Waals surface area (Å²) in [6, 6.07) is 0. The molecule has 0 rings (SSSR count). The summed E-state index contributed by atoms with van der Waals surface area (Å²) in [6.07, 6.45) is 99.3. The van der Waals surface area contributed by atoms with Crippen molar-refractivity contribution >= 4 is 19.8 Å². The van der Waals surface area contributed by atoms with Gasteiger partial charge >= 0.3 is 19.8 Å². The average molecular weight is 1290 g/mol. The van der Waals surface area contributed by atoms with Gasteiger partial charge in [0.1, 0.15) is 6.61 Å². The van der Waals surface area contributed by atoms with Crippen LogP contribution >= 0.6 is 7.82 Å². The first-order chi connectivity index (χ1) is 44.3. The van der Waals surface area contributed by atoms with Crippen LogP contribution in [0.5, 0.6) is 0 Å². The Morgan fingerprint density at radius 3 is 0.911 bits per heavy atom. The number of phosphoric acid groups is 1. The van der Waals surface area contributed by atoms with Crippen LogP contribution in [0.25, 0.3) is 0 Å². The molecule has 0 bridgehead atoms. The van der Waals surface area contributed by atoms with Gasteiger partial charge in [-0.2, -0.15) is 0 Å². The van der Waals surface area contributed by atoms with E-state index in [1.807, 2.05) is 0 Å². The Morgan fingerprint density at radius 1 is 0.344 bits per heavy atom. The quantitative estimate of drug-likeness (QED) is 0.0264. The highest BCUT2D eigenvalue weighted by atomic mass is 31.2. The molecule has 0 aliphatic rings. The summed E-state index contributed by atoms with van der Waals surface area (Å²) >= 11 is 0. The number of rotatable bonds is 75. The SMILES string of the molecule is CC/C=C\C/C=C\C/C=C\C/C=C\C/C=C\CCCCCCCCCCCCCCCCCCCC(=O)OC(COC(=O)CCCCCCCCCCCCCCCCCCCCCCCCCCCCCCCCCCCCCC)COP(=O)(O)OCCN. The molecule has 0 aromatic heterocycles. The monoisotopic (exact) mass is 1280 g/mol. The van der Waals surface area contributed by atoms with Gasteiger partial charge in [-0.3, -0.25) is 18.6 Å². The van der Waals surface area contributed by atoms with Crippen molar-refractivity contribution in [3.8, 4) is 0 Å². The van der Waals surface area contributed by atoms with Gasteiger partial charge in [0.05, 0.1) is 13.2 Å². The molecule has 9 nitrogen and oxygen atoms in total. The summed E-state index contributed by atoms with van der Waals surface area (Å²) in [5.74, 6) is -0.806. The fraction of sp³-hybridized carbons (Fsp3) is 0.850. The van der Waals surface area contributed by atoms with Gasteiger partial charge in [0, 0.05) is 19.4 Å². The lowest BCUT2D eigenvalue weighted by atomic mass is 10.0. The van der Waals surface area contributed by atoms with Gasteiger partial charge < -0.3 is 20.1 Å². The topological polar surface area (TPSA) is 134 Å². The molecule has 0 aliphatic carbocycles. The lowest BCUT2D eigenvalue weighted by molar-refractivity contribution is -0.161. The first-order valence-electron chi connectivity index (χ1n) is 39.3. The summed E-state index contributed by atoms with van der Waals surface area (Å²) in [6.45, 7) is 3.71. The molecule has 0 aromatic carbocycles. The Balaban J connectivity index is 3.77. The normalized spacial score (nSPS) is 13.2. The van der Waals surface area contributed by atoms with Crippen LogP contribution in [0.15, 0.2) is 60.8 Å². The molecule has 0 aromatic rings. The van der Waals surface area contributed by atoms with Gasteiger partial charge in [-0.1, -0.05) is 396 Å². The van der Waals surface area contributed by atoms with Crippen LogP contribution < -0.4 is 5.73 Å². The number of hydrogen-bond acceptors (Lipinski definition) is 8. The first-order valence-corrected chi connectivity index (χ1v) is 40.8. The smallest absolute Gasteiger partial charge is 0.462 e. The number of carbonyl (C=O) groups excluding carboxylic acids is 2. The van der Waals surface area contributed by atoms with Gasteiger partial charge in [0.15, 0.2) is 6.10 Å². The minimum absolute atomic E-state index is 0.0548. The second kappa shape index (κ2) is 75.7. The third kappa shape index (κ3) is 74.7. The standard InChI is InChI=1S/C80H150NO8P/c1-3-5-7-9-11-13-15-17-19-21-23-25-27-29-31-33-35-37-38-39-41-42-44-46-48-50-52-54-56-58-60-62-64-66-68-70-72-79(82)86-76-78(77-88-90(84,85)87-75-74-81)89-80(83)73-71-69-67-65-63-61-59-57-55-53-51-49-47-45-43-40-36-34-32-30-28-26-24-22-20-18-16-14-12-10-8-6-4-2/h6,8,12,14,18,20,24,26,30,32,78H,3-5,7,9-11,13,15-17,19,21-23,25,27-29,31,33-77,81H2,1-2H3,(H,84,85)/b8-6-,14-12-,20-18-,26-24-,32-30-. The summed E-state index contributed by atoms with van der Waals surface area (Å²) in [5.41, 5.74) is 5.41. The molecule has 2 atom stereocenters. The minimum Gasteiger partial charge on any atom is -0.462 e. The van der Waals surface area contributed by atoms with Crippen LogP contribution in [0.3, 0.4) is 0 Å². The summed E-state index contributed by atoms with van der Waals surface area (Å²) in [5, 5.41) is 0. The number of nitrogens with two attached hydrogens (primary N) is 1. The van der Waals surface area contributed by atoms with Gasteiger partial charge in [0.25, 0.3) is 0 Å². The summed E-state index contributed by atoms with van der Waals surface area (Å²) in [7, 11) is -4.40. The highest BCUT2D eigenvalue weighted by Crippen LogP contribution is 2.43. The highest BCUT2D eigenvalue weighted by molar-refractivity contribution is 7.47. The van der Waals surface area contributed by atoms with Gasteiger partial charge in [0.2, 0.25) is 0 Å². The van der Waals surface area contributed by atoms with E-state index in [0.717, 1.165) is 70.6 Å². The van der Waals surface area contributed by atoms with Crippen molar-refractivity contribution in [3.63, 3.8) is 0 Å². The summed E-state index contributed by atoms with van der Waals surface area (Å²) in [4.78, 5) is 35.4. The molecule has 0 spiro atoms. The van der Waals surface area contributed by atoms with E-state index in [1.54, 1.807) is 0 Å². The molecular formula is C80H150NO8P. The van der Waals surface area contributed by atoms with Crippen molar-refractivity contribution < 1.29 is 37.6 Å². The molecule has 0 saturated heterocycles. The number of phosphoric ester groups is 1. The molecule has 0 heterocycles. The predicted octanol–water partition coefficient (Wildman–Crippen LogP) is 26.2. The fourth-order valence-electron chi connectivity index (χ4n) is 11.9. The fourth-order valence-corrected chi connectivity index (χ4v) is 12.7. The molecule has 10 heteroatoms. The van der Waals surface area contributed by atoms with E-state index < -0.39 is 26.5 Å². The Morgan fingerprint density at radius 2 is 0.611 bits per heavy atom. The number of esters is 2. The second-order valence-corrected chi connectivity index (χ2v) is 28.0. The van der Waals surface area contributed by atoms with Crippen LogP contribution in [0.2, 0.25) is 0 Å². The Hall–Kier alpha value is -2.29. The summed E-state index contributed by atoms with van der Waals surface area (Å²) < 4.78 is 33.3. The molecule has 0 saturated carbocycles. The van der Waals surface area contributed by atoms with Gasteiger partial charge in [-0.25, -0.2) is 4.57 Å². The maximum Gasteiger partial charge on any atom is 0.472 e. The van der Waals surface area contributed by atoms with Crippen molar-refractivity contribution in [3.05, 3.63) is 60.8 Å². The van der Waals surface area contributed by atoms with E-state index in [0.29, 0.717) is 6.42 Å². The van der Waals surface area contributed by atoms with Crippen molar-refractivity contribution in [2.45, 2.75) is 412 Å². The van der Waals surface area contributed by atoms with E-state index in [2.05, 4.69) is 74.6 Å². The lowest BCUT2D eigenvalue weighted by Gasteiger charge is -2.19. The number of ether oxygens (including phenoxy) is 2. The number of allylic oxidation sites excluding steroid dienone is 10. The average Bonchev–Trinajstić information content (AvgIpc) is 3.58. The Bertz CT molecular complexity index is 1660. The first kappa shape index (κ1) is 87.7.